The maximum atomic E-state index is 11.1. The zero-order valence-electron chi connectivity index (χ0n) is 9.57. The molecule has 2 heterocycles. The van der Waals surface area contributed by atoms with Crippen molar-refractivity contribution in [3.8, 4) is 11.6 Å². The standard InChI is InChI=1S/C10H10N4O3S/c1-2-16-8(15)6-18-10-14-13-9(17-10)7-5-11-3-4-12-7/h3-5H,2,6H2,1H3. The minimum atomic E-state index is -0.318. The summed E-state index contributed by atoms with van der Waals surface area (Å²) in [5.41, 5.74) is 0.494. The summed E-state index contributed by atoms with van der Waals surface area (Å²) >= 11 is 1.12. The van der Waals surface area contributed by atoms with Crippen molar-refractivity contribution >= 4 is 17.7 Å². The second kappa shape index (κ2) is 6.10. The molecule has 0 aliphatic heterocycles. The van der Waals surface area contributed by atoms with Crippen LogP contribution < -0.4 is 0 Å². The third kappa shape index (κ3) is 3.27. The summed E-state index contributed by atoms with van der Waals surface area (Å²) in [6.07, 6.45) is 4.61. The van der Waals surface area contributed by atoms with Crippen LogP contribution in [0.4, 0.5) is 0 Å². The van der Waals surface area contributed by atoms with Crippen LogP contribution in [0.25, 0.3) is 11.6 Å². The first kappa shape index (κ1) is 12.5. The van der Waals surface area contributed by atoms with Gasteiger partial charge in [-0.15, -0.1) is 10.2 Å². The number of esters is 1. The van der Waals surface area contributed by atoms with Crippen LogP contribution in [-0.2, 0) is 9.53 Å². The van der Waals surface area contributed by atoms with Gasteiger partial charge in [-0.05, 0) is 6.92 Å². The molecule has 2 aromatic rings. The van der Waals surface area contributed by atoms with Crippen LogP contribution >= 0.6 is 11.8 Å². The monoisotopic (exact) mass is 266 g/mol. The van der Waals surface area contributed by atoms with Crippen LogP contribution in [0.1, 0.15) is 6.92 Å². The van der Waals surface area contributed by atoms with Gasteiger partial charge in [0.1, 0.15) is 11.4 Å². The minimum Gasteiger partial charge on any atom is -0.465 e. The lowest BCUT2D eigenvalue weighted by Gasteiger charge is -1.97. The lowest BCUT2D eigenvalue weighted by Crippen LogP contribution is -2.06. The van der Waals surface area contributed by atoms with Gasteiger partial charge in [-0.1, -0.05) is 11.8 Å². The van der Waals surface area contributed by atoms with Crippen molar-refractivity contribution in [1.82, 2.24) is 20.2 Å². The quantitative estimate of drug-likeness (QED) is 0.588. The van der Waals surface area contributed by atoms with Crippen LogP contribution in [0.15, 0.2) is 28.2 Å². The molecule has 0 unspecified atom stereocenters. The molecule has 0 spiro atoms. The highest BCUT2D eigenvalue weighted by Gasteiger charge is 2.12. The fourth-order valence-electron chi connectivity index (χ4n) is 1.10. The fraction of sp³-hybridized carbons (Fsp3) is 0.300. The normalized spacial score (nSPS) is 10.3. The molecule has 18 heavy (non-hydrogen) atoms. The topological polar surface area (TPSA) is 91.0 Å². The summed E-state index contributed by atoms with van der Waals surface area (Å²) in [6, 6.07) is 0. The molecular weight excluding hydrogens is 256 g/mol. The van der Waals surface area contributed by atoms with Crippen LogP contribution in [0.3, 0.4) is 0 Å². The second-order valence-corrected chi connectivity index (χ2v) is 3.98. The Morgan fingerprint density at radius 2 is 2.33 bits per heavy atom. The molecule has 0 aliphatic carbocycles. The molecule has 8 heteroatoms. The zero-order chi connectivity index (χ0) is 12.8. The lowest BCUT2D eigenvalue weighted by molar-refractivity contribution is -0.139. The van der Waals surface area contributed by atoms with Gasteiger partial charge in [-0.2, -0.15) is 0 Å². The van der Waals surface area contributed by atoms with E-state index >= 15 is 0 Å². The highest BCUT2D eigenvalue weighted by Crippen LogP contribution is 2.20. The third-order valence-electron chi connectivity index (χ3n) is 1.81. The van der Waals surface area contributed by atoms with E-state index in [0.717, 1.165) is 11.8 Å². The maximum Gasteiger partial charge on any atom is 0.316 e. The van der Waals surface area contributed by atoms with Crippen molar-refractivity contribution in [2.45, 2.75) is 12.1 Å². The lowest BCUT2D eigenvalue weighted by atomic mass is 10.4. The Kier molecular flexibility index (Phi) is 4.24. The largest absolute Gasteiger partial charge is 0.465 e. The number of rotatable bonds is 5. The third-order valence-corrected chi connectivity index (χ3v) is 2.60. The van der Waals surface area contributed by atoms with E-state index in [0.29, 0.717) is 17.5 Å². The number of hydrogen-bond acceptors (Lipinski definition) is 8. The highest BCUT2D eigenvalue weighted by atomic mass is 32.2. The van der Waals surface area contributed by atoms with Crippen molar-refractivity contribution in [2.24, 2.45) is 0 Å². The van der Waals surface area contributed by atoms with E-state index in [9.17, 15) is 4.79 Å². The Morgan fingerprint density at radius 1 is 1.44 bits per heavy atom. The first-order chi connectivity index (χ1) is 8.79. The number of thioether (sulfide) groups is 1. The molecule has 0 fully saturated rings. The van der Waals surface area contributed by atoms with Gasteiger partial charge in [0.15, 0.2) is 0 Å². The SMILES string of the molecule is CCOC(=O)CSc1nnc(-c2cnccn2)o1. The van der Waals surface area contributed by atoms with Crippen LogP contribution in [0.5, 0.6) is 0 Å². The predicted octanol–water partition coefficient (Wildman–Crippen LogP) is 1.18. The summed E-state index contributed by atoms with van der Waals surface area (Å²) in [4.78, 5) is 19.1. The van der Waals surface area contributed by atoms with Crippen molar-refractivity contribution in [3.63, 3.8) is 0 Å². The van der Waals surface area contributed by atoms with E-state index in [1.165, 1.54) is 12.4 Å². The highest BCUT2D eigenvalue weighted by molar-refractivity contribution is 7.99. The van der Waals surface area contributed by atoms with Crippen molar-refractivity contribution < 1.29 is 13.9 Å². The number of aromatic nitrogens is 4. The van der Waals surface area contributed by atoms with Gasteiger partial charge in [0.2, 0.25) is 0 Å². The fourth-order valence-corrected chi connectivity index (χ4v) is 1.67. The number of hydrogen-bond donors (Lipinski definition) is 0. The van der Waals surface area contributed by atoms with Crippen LogP contribution in [-0.4, -0.2) is 38.5 Å². The Bertz CT molecular complexity index is 517. The van der Waals surface area contributed by atoms with E-state index in [4.69, 9.17) is 9.15 Å². The predicted molar refractivity (Wildman–Crippen MR) is 62.7 cm³/mol. The van der Waals surface area contributed by atoms with Gasteiger partial charge in [0.25, 0.3) is 11.1 Å². The first-order valence-corrected chi connectivity index (χ1v) is 6.16. The molecule has 0 aliphatic rings. The Morgan fingerprint density at radius 3 is 3.06 bits per heavy atom. The van der Waals surface area contributed by atoms with Crippen molar-refractivity contribution in [1.29, 1.82) is 0 Å². The molecule has 0 amide bonds. The van der Waals surface area contributed by atoms with Crippen LogP contribution in [0, 0.1) is 0 Å². The van der Waals surface area contributed by atoms with Gasteiger partial charge >= 0.3 is 5.97 Å². The smallest absolute Gasteiger partial charge is 0.316 e. The number of ether oxygens (including phenoxy) is 1. The average Bonchev–Trinajstić information content (AvgIpc) is 2.87. The van der Waals surface area contributed by atoms with E-state index in [2.05, 4.69) is 20.2 Å². The molecule has 0 bridgehead atoms. The Hall–Kier alpha value is -1.96. The molecule has 0 N–H and O–H groups in total. The van der Waals surface area contributed by atoms with E-state index in [1.807, 2.05) is 0 Å². The van der Waals surface area contributed by atoms with E-state index in [-0.39, 0.29) is 17.6 Å². The molecule has 94 valence electrons. The van der Waals surface area contributed by atoms with Gasteiger partial charge in [0.05, 0.1) is 12.8 Å². The van der Waals surface area contributed by atoms with Crippen molar-refractivity contribution in [2.75, 3.05) is 12.4 Å². The van der Waals surface area contributed by atoms with Gasteiger partial charge < -0.3 is 9.15 Å². The maximum absolute atomic E-state index is 11.1. The van der Waals surface area contributed by atoms with E-state index < -0.39 is 0 Å². The summed E-state index contributed by atoms with van der Waals surface area (Å²) in [5.74, 6) is 0.0897. The molecular formula is C10H10N4O3S. The van der Waals surface area contributed by atoms with Crippen LogP contribution in [0.2, 0.25) is 0 Å². The summed E-state index contributed by atoms with van der Waals surface area (Å²) in [6.45, 7) is 2.11. The molecule has 0 saturated heterocycles. The molecule has 0 atom stereocenters. The molecule has 2 aromatic heterocycles. The molecule has 0 saturated carbocycles. The molecule has 0 aromatic carbocycles. The number of carbonyl (C=O) groups is 1. The average molecular weight is 266 g/mol. The van der Waals surface area contributed by atoms with Gasteiger partial charge in [0, 0.05) is 12.4 Å². The second-order valence-electron chi connectivity index (χ2n) is 3.06. The minimum absolute atomic E-state index is 0.135. The first-order valence-electron chi connectivity index (χ1n) is 5.18. The summed E-state index contributed by atoms with van der Waals surface area (Å²) in [7, 11) is 0. The number of carbonyl (C=O) groups excluding carboxylic acids is 1. The summed E-state index contributed by atoms with van der Waals surface area (Å²) < 4.78 is 10.1. The van der Waals surface area contributed by atoms with E-state index in [1.54, 1.807) is 13.1 Å². The Labute approximate surface area is 107 Å². The zero-order valence-corrected chi connectivity index (χ0v) is 10.4. The number of nitrogens with zero attached hydrogens (tertiary/aromatic N) is 4. The van der Waals surface area contributed by atoms with Crippen molar-refractivity contribution in [3.05, 3.63) is 18.6 Å². The molecule has 0 radical (unpaired) electrons. The molecule has 2 rings (SSSR count). The Balaban J connectivity index is 1.97. The van der Waals surface area contributed by atoms with Gasteiger partial charge in [-0.25, -0.2) is 4.98 Å². The molecule has 7 nitrogen and oxygen atoms in total. The summed E-state index contributed by atoms with van der Waals surface area (Å²) in [5, 5.41) is 7.91. The van der Waals surface area contributed by atoms with Gasteiger partial charge in [-0.3, -0.25) is 9.78 Å².